The van der Waals surface area contributed by atoms with Gasteiger partial charge in [0, 0.05) is 29.7 Å². The van der Waals surface area contributed by atoms with Gasteiger partial charge in [-0.25, -0.2) is 5.43 Å². The minimum absolute atomic E-state index is 0.124. The van der Waals surface area contributed by atoms with Crippen molar-refractivity contribution in [1.29, 1.82) is 0 Å². The third kappa shape index (κ3) is 3.12. The lowest BCUT2D eigenvalue weighted by molar-refractivity contribution is 0.0834. The molecule has 0 aromatic carbocycles. The van der Waals surface area contributed by atoms with Gasteiger partial charge < -0.3 is 5.11 Å². The number of carbonyl (C=O) groups excluding carboxylic acids is 3. The van der Waals surface area contributed by atoms with Gasteiger partial charge in [-0.05, 0) is 19.1 Å². The third-order valence-corrected chi connectivity index (χ3v) is 3.29. The number of Topliss-reactive ketones (excluding diaryl/α,β-unsaturated/α-hetero) is 2. The highest BCUT2D eigenvalue weighted by atomic mass is 16.3. The topological polar surface area (TPSA) is 135 Å². The molecular formula is C15H14N4O4. The molecule has 0 radical (unpaired) electrons. The Morgan fingerprint density at radius 3 is 2.52 bits per heavy atom. The maximum atomic E-state index is 12.6. The molecule has 2 rings (SSSR count). The number of rotatable bonds is 6. The second kappa shape index (κ2) is 6.86. The molecule has 0 aliphatic rings. The van der Waals surface area contributed by atoms with Gasteiger partial charge in [-0.15, -0.1) is 0 Å². The van der Waals surface area contributed by atoms with Crippen molar-refractivity contribution in [2.45, 2.75) is 13.0 Å². The summed E-state index contributed by atoms with van der Waals surface area (Å²) in [4.78, 5) is 43.7. The lowest BCUT2D eigenvalue weighted by Gasteiger charge is -2.16. The van der Waals surface area contributed by atoms with Crippen molar-refractivity contribution in [3.05, 3.63) is 53.1 Å². The van der Waals surface area contributed by atoms with Crippen molar-refractivity contribution in [2.75, 3.05) is 0 Å². The summed E-state index contributed by atoms with van der Waals surface area (Å²) in [5.74, 6) is 3.45. The van der Waals surface area contributed by atoms with Crippen LogP contribution in [0.25, 0.3) is 0 Å². The number of nitrogens with zero attached hydrogens (tertiary/aromatic N) is 2. The Morgan fingerprint density at radius 1 is 1.30 bits per heavy atom. The lowest BCUT2D eigenvalue weighted by Crippen LogP contribution is -2.47. The molecule has 1 atom stereocenters. The number of aromatic nitrogens is 2. The fourth-order valence-electron chi connectivity index (χ4n) is 2.06. The van der Waals surface area contributed by atoms with Gasteiger partial charge >= 0.3 is 0 Å². The number of hydrogen-bond acceptors (Lipinski definition) is 8. The molecule has 2 heterocycles. The minimum Gasteiger partial charge on any atom is -0.505 e. The Hall–Kier alpha value is -2.97. The zero-order valence-electron chi connectivity index (χ0n) is 12.2. The zero-order chi connectivity index (χ0) is 17.0. The monoisotopic (exact) mass is 314 g/mol. The average molecular weight is 314 g/mol. The Kier molecular flexibility index (Phi) is 4.89. The van der Waals surface area contributed by atoms with Crippen LogP contribution in [0.4, 0.5) is 0 Å². The number of aryl methyl sites for hydroxylation is 1. The van der Waals surface area contributed by atoms with Crippen LogP contribution in [0.1, 0.15) is 36.8 Å². The molecule has 2 aromatic rings. The van der Waals surface area contributed by atoms with Gasteiger partial charge in [0.15, 0.2) is 17.9 Å². The third-order valence-electron chi connectivity index (χ3n) is 3.29. The Bertz CT molecular complexity index is 762. The molecule has 8 heteroatoms. The number of aldehydes is 1. The lowest BCUT2D eigenvalue weighted by atomic mass is 9.94. The summed E-state index contributed by atoms with van der Waals surface area (Å²) in [6.07, 6.45) is 4.33. The second-order valence-electron chi connectivity index (χ2n) is 4.70. The first kappa shape index (κ1) is 16.4. The maximum Gasteiger partial charge on any atom is 0.193 e. The summed E-state index contributed by atoms with van der Waals surface area (Å²) >= 11 is 0. The number of pyridine rings is 2. The van der Waals surface area contributed by atoms with E-state index in [0.29, 0.717) is 6.29 Å². The predicted octanol–water partition coefficient (Wildman–Crippen LogP) is 0.201. The minimum atomic E-state index is -1.45. The van der Waals surface area contributed by atoms with Crippen LogP contribution >= 0.6 is 0 Å². The average Bonchev–Trinajstić information content (AvgIpc) is 2.58. The number of ketones is 2. The van der Waals surface area contributed by atoms with Crippen molar-refractivity contribution in [3.63, 3.8) is 0 Å². The van der Waals surface area contributed by atoms with E-state index in [1.54, 1.807) is 0 Å². The van der Waals surface area contributed by atoms with E-state index in [1.165, 1.54) is 31.5 Å². The molecule has 118 valence electrons. The Morgan fingerprint density at radius 2 is 1.96 bits per heavy atom. The van der Waals surface area contributed by atoms with E-state index in [4.69, 9.17) is 5.84 Å². The molecule has 0 bridgehead atoms. The largest absolute Gasteiger partial charge is 0.505 e. The van der Waals surface area contributed by atoms with E-state index < -0.39 is 23.4 Å². The molecule has 0 aliphatic heterocycles. The van der Waals surface area contributed by atoms with Gasteiger partial charge in [0.1, 0.15) is 11.8 Å². The second-order valence-corrected chi connectivity index (χ2v) is 4.70. The molecule has 0 fully saturated rings. The van der Waals surface area contributed by atoms with Crippen molar-refractivity contribution < 1.29 is 19.5 Å². The molecular weight excluding hydrogens is 300 g/mol. The van der Waals surface area contributed by atoms with Crippen molar-refractivity contribution in [1.82, 2.24) is 15.4 Å². The highest BCUT2D eigenvalue weighted by molar-refractivity contribution is 6.21. The summed E-state index contributed by atoms with van der Waals surface area (Å²) in [5, 5.41) is 10.0. The van der Waals surface area contributed by atoms with E-state index in [2.05, 4.69) is 15.4 Å². The van der Waals surface area contributed by atoms with Crippen LogP contribution in [0.3, 0.4) is 0 Å². The number of nitrogens with one attached hydrogen (secondary N) is 1. The molecule has 0 amide bonds. The number of nitrogens with two attached hydrogens (primary N) is 1. The van der Waals surface area contributed by atoms with Crippen molar-refractivity contribution in [2.24, 2.45) is 5.84 Å². The summed E-state index contributed by atoms with van der Waals surface area (Å²) in [7, 11) is 0. The molecule has 8 nitrogen and oxygen atoms in total. The van der Waals surface area contributed by atoms with Crippen molar-refractivity contribution in [3.8, 4) is 5.75 Å². The number of aromatic hydroxyl groups is 1. The smallest absolute Gasteiger partial charge is 0.193 e. The van der Waals surface area contributed by atoms with Crippen molar-refractivity contribution >= 4 is 17.9 Å². The zero-order valence-corrected chi connectivity index (χ0v) is 12.2. The maximum absolute atomic E-state index is 12.6. The van der Waals surface area contributed by atoms with Gasteiger partial charge in [0.05, 0.1) is 11.3 Å². The first-order valence-corrected chi connectivity index (χ1v) is 6.59. The molecule has 0 spiro atoms. The van der Waals surface area contributed by atoms with E-state index in [-0.39, 0.29) is 22.4 Å². The number of hydrazine groups is 1. The van der Waals surface area contributed by atoms with Gasteiger partial charge in [0.25, 0.3) is 0 Å². The van der Waals surface area contributed by atoms with Crippen LogP contribution in [0.5, 0.6) is 5.75 Å². The SMILES string of the molecule is Cc1ncc(C=O)c(C(=O)C(NN)C(=O)c2ccncc2)c1O. The van der Waals surface area contributed by atoms with E-state index >= 15 is 0 Å². The van der Waals surface area contributed by atoms with Gasteiger partial charge in [-0.2, -0.15) is 0 Å². The summed E-state index contributed by atoms with van der Waals surface area (Å²) in [5.41, 5.74) is 2.09. The molecule has 4 N–H and O–H groups in total. The van der Waals surface area contributed by atoms with E-state index in [0.717, 1.165) is 6.20 Å². The van der Waals surface area contributed by atoms with Gasteiger partial charge in [0.2, 0.25) is 0 Å². The molecule has 1 unspecified atom stereocenters. The normalized spacial score (nSPS) is 11.7. The fourth-order valence-corrected chi connectivity index (χ4v) is 2.06. The standard InChI is InChI=1S/C15H14N4O4/c1-8-13(21)11(10(7-20)6-18-8)15(23)12(19-16)14(22)9-2-4-17-5-3-9/h2-7,12,19,21H,16H2,1H3. The van der Waals surface area contributed by atoms with Gasteiger partial charge in [-0.3, -0.25) is 30.2 Å². The molecule has 0 saturated heterocycles. The van der Waals surface area contributed by atoms with Crippen LogP contribution in [-0.2, 0) is 0 Å². The summed E-state index contributed by atoms with van der Waals surface area (Å²) in [6.45, 7) is 1.47. The molecule has 0 saturated carbocycles. The van der Waals surface area contributed by atoms with E-state index in [1.807, 2.05) is 0 Å². The summed E-state index contributed by atoms with van der Waals surface area (Å²) in [6, 6.07) is 1.40. The quantitative estimate of drug-likeness (QED) is 0.226. The number of carbonyl (C=O) groups is 3. The van der Waals surface area contributed by atoms with Crippen LogP contribution < -0.4 is 11.3 Å². The number of hydrogen-bond donors (Lipinski definition) is 3. The van der Waals surface area contributed by atoms with Gasteiger partial charge in [-0.1, -0.05) is 0 Å². The Balaban J connectivity index is 2.48. The predicted molar refractivity (Wildman–Crippen MR) is 80.0 cm³/mol. The molecule has 23 heavy (non-hydrogen) atoms. The first-order valence-electron chi connectivity index (χ1n) is 6.59. The summed E-state index contributed by atoms with van der Waals surface area (Å²) < 4.78 is 0. The molecule has 0 aliphatic carbocycles. The highest BCUT2D eigenvalue weighted by Crippen LogP contribution is 2.25. The first-order chi connectivity index (χ1) is 11.0. The highest BCUT2D eigenvalue weighted by Gasteiger charge is 2.31. The van der Waals surface area contributed by atoms with Crippen LogP contribution in [0, 0.1) is 6.92 Å². The van der Waals surface area contributed by atoms with Crippen LogP contribution in [-0.4, -0.2) is 39.0 Å². The van der Waals surface area contributed by atoms with Crippen LogP contribution in [0.2, 0.25) is 0 Å². The molecule has 2 aromatic heterocycles. The fraction of sp³-hybridized carbons (Fsp3) is 0.133. The Labute approximate surface area is 131 Å². The van der Waals surface area contributed by atoms with E-state index in [9.17, 15) is 19.5 Å². The van der Waals surface area contributed by atoms with Crippen LogP contribution in [0.15, 0.2) is 30.7 Å².